The van der Waals surface area contributed by atoms with Crippen molar-refractivity contribution < 1.29 is 24.9 Å². The van der Waals surface area contributed by atoms with Crippen molar-refractivity contribution in [3.05, 3.63) is 59.7 Å². The fraction of sp³-hybridized carbons (Fsp3) is 0.263. The second-order valence-corrected chi connectivity index (χ2v) is 5.94. The second kappa shape index (κ2) is 9.43. The molecule has 0 aliphatic carbocycles. The second-order valence-electron chi connectivity index (χ2n) is 5.94. The number of carboxylic acids is 1. The molecule has 0 aliphatic rings. The molecular weight excluding hydrogens is 336 g/mol. The topological polar surface area (TPSA) is 101 Å². The van der Waals surface area contributed by atoms with Crippen molar-refractivity contribution >= 4 is 12.4 Å². The van der Waals surface area contributed by atoms with E-state index in [1.54, 1.807) is 53.4 Å². The summed E-state index contributed by atoms with van der Waals surface area (Å²) in [5.74, 6) is -0.779. The molecule has 0 fully saturated rings. The number of hydrogen-bond donors (Lipinski definition) is 3. The Labute approximate surface area is 151 Å². The Morgan fingerprint density at radius 1 is 0.885 bits per heavy atom. The van der Waals surface area contributed by atoms with Gasteiger partial charge in [0.05, 0.1) is 6.54 Å². The van der Waals surface area contributed by atoms with Crippen molar-refractivity contribution in [2.75, 3.05) is 19.6 Å². The van der Waals surface area contributed by atoms with Crippen LogP contribution in [0.3, 0.4) is 0 Å². The normalized spacial score (nSPS) is 10.7. The molecule has 7 heteroatoms. The van der Waals surface area contributed by atoms with Crippen LogP contribution in [0.1, 0.15) is 11.1 Å². The van der Waals surface area contributed by atoms with Gasteiger partial charge in [-0.1, -0.05) is 36.4 Å². The zero-order chi connectivity index (χ0) is 18.9. The standard InChI is InChI=1S/C19H22N2O5/c22-14-21(12-16-6-2-4-8-18(16)24)10-9-20(13-19(25)26)11-15-5-1-3-7-17(15)23/h1-8,14,23-24H,9-13H2,(H,25,26). The van der Waals surface area contributed by atoms with Crippen LogP contribution in [-0.2, 0) is 22.7 Å². The summed E-state index contributed by atoms with van der Waals surface area (Å²) in [5, 5.41) is 28.8. The molecule has 0 saturated heterocycles. The molecule has 2 aromatic carbocycles. The predicted molar refractivity (Wildman–Crippen MR) is 95.6 cm³/mol. The highest BCUT2D eigenvalue weighted by Crippen LogP contribution is 2.19. The molecule has 0 unspecified atom stereocenters. The molecule has 0 aliphatic heterocycles. The summed E-state index contributed by atoms with van der Waals surface area (Å²) >= 11 is 0. The number of carboxylic acid groups (broad SMARTS) is 1. The van der Waals surface area contributed by atoms with Crippen molar-refractivity contribution in [1.82, 2.24) is 9.80 Å². The van der Waals surface area contributed by atoms with Gasteiger partial charge >= 0.3 is 5.97 Å². The van der Waals surface area contributed by atoms with Crippen molar-refractivity contribution in [2.24, 2.45) is 0 Å². The van der Waals surface area contributed by atoms with Crippen LogP contribution in [0.5, 0.6) is 11.5 Å². The molecule has 2 aromatic rings. The first-order valence-electron chi connectivity index (χ1n) is 8.17. The smallest absolute Gasteiger partial charge is 0.317 e. The summed E-state index contributed by atoms with van der Waals surface area (Å²) in [4.78, 5) is 25.6. The van der Waals surface area contributed by atoms with Crippen molar-refractivity contribution in [1.29, 1.82) is 0 Å². The van der Waals surface area contributed by atoms with Gasteiger partial charge < -0.3 is 20.2 Å². The summed E-state index contributed by atoms with van der Waals surface area (Å²) < 4.78 is 0. The average molecular weight is 358 g/mol. The third kappa shape index (κ3) is 5.78. The molecule has 0 spiro atoms. The number of para-hydroxylation sites is 2. The van der Waals surface area contributed by atoms with Crippen LogP contribution in [0.2, 0.25) is 0 Å². The Morgan fingerprint density at radius 3 is 1.92 bits per heavy atom. The maximum absolute atomic E-state index is 11.3. The molecular formula is C19H22N2O5. The van der Waals surface area contributed by atoms with Crippen molar-refractivity contribution in [2.45, 2.75) is 13.1 Å². The van der Waals surface area contributed by atoms with E-state index in [9.17, 15) is 19.8 Å². The Bertz CT molecular complexity index is 750. The maximum atomic E-state index is 11.3. The maximum Gasteiger partial charge on any atom is 0.317 e. The fourth-order valence-corrected chi connectivity index (χ4v) is 2.59. The summed E-state index contributed by atoms with van der Waals surface area (Å²) in [7, 11) is 0. The number of nitrogens with zero attached hydrogens (tertiary/aromatic N) is 2. The van der Waals surface area contributed by atoms with Gasteiger partial charge in [-0.05, 0) is 12.1 Å². The van der Waals surface area contributed by atoms with Crippen molar-refractivity contribution in [3.63, 3.8) is 0 Å². The molecule has 0 heterocycles. The molecule has 0 atom stereocenters. The van der Waals surface area contributed by atoms with E-state index < -0.39 is 5.97 Å². The summed E-state index contributed by atoms with van der Waals surface area (Å²) in [6, 6.07) is 13.5. The molecule has 0 bridgehead atoms. The number of aromatic hydroxyl groups is 2. The number of carbonyl (C=O) groups excluding carboxylic acids is 1. The van der Waals surface area contributed by atoms with E-state index in [1.807, 2.05) is 0 Å². The molecule has 2 rings (SSSR count). The van der Waals surface area contributed by atoms with E-state index in [4.69, 9.17) is 5.11 Å². The largest absolute Gasteiger partial charge is 0.508 e. The van der Waals surface area contributed by atoms with Crippen LogP contribution < -0.4 is 0 Å². The van der Waals surface area contributed by atoms with Gasteiger partial charge in [-0.2, -0.15) is 0 Å². The van der Waals surface area contributed by atoms with Crippen LogP contribution in [-0.4, -0.2) is 57.1 Å². The minimum atomic E-state index is -0.987. The van der Waals surface area contributed by atoms with E-state index in [0.29, 0.717) is 30.6 Å². The third-order valence-corrected chi connectivity index (χ3v) is 3.96. The Balaban J connectivity index is 2.00. The number of carbonyl (C=O) groups is 2. The first-order valence-corrected chi connectivity index (χ1v) is 8.17. The van der Waals surface area contributed by atoms with Gasteiger partial charge in [-0.3, -0.25) is 14.5 Å². The lowest BCUT2D eigenvalue weighted by atomic mass is 10.2. The molecule has 7 nitrogen and oxygen atoms in total. The van der Waals surface area contributed by atoms with Crippen LogP contribution in [0, 0.1) is 0 Å². The lowest BCUT2D eigenvalue weighted by Crippen LogP contribution is -2.37. The minimum Gasteiger partial charge on any atom is -0.508 e. The Hall–Kier alpha value is -3.06. The highest BCUT2D eigenvalue weighted by atomic mass is 16.4. The van der Waals surface area contributed by atoms with Gasteiger partial charge in [0.2, 0.25) is 6.41 Å². The molecule has 0 saturated carbocycles. The van der Waals surface area contributed by atoms with Gasteiger partial charge in [-0.15, -0.1) is 0 Å². The SMILES string of the molecule is O=CN(CCN(CC(=O)O)Cc1ccccc1O)Cc1ccccc1O. The number of phenols is 2. The first kappa shape index (κ1) is 19.3. The zero-order valence-corrected chi connectivity index (χ0v) is 14.3. The van der Waals surface area contributed by atoms with Crippen LogP contribution in [0.15, 0.2) is 48.5 Å². The predicted octanol–water partition coefficient (Wildman–Crippen LogP) is 1.64. The number of phenolic OH excluding ortho intramolecular Hbond substituents is 2. The highest BCUT2D eigenvalue weighted by Gasteiger charge is 2.14. The average Bonchev–Trinajstić information content (AvgIpc) is 2.61. The van der Waals surface area contributed by atoms with E-state index in [1.165, 1.54) is 4.90 Å². The molecule has 0 radical (unpaired) electrons. The zero-order valence-electron chi connectivity index (χ0n) is 14.3. The Kier molecular flexibility index (Phi) is 6.99. The number of aliphatic carboxylic acids is 1. The van der Waals surface area contributed by atoms with E-state index in [2.05, 4.69) is 0 Å². The lowest BCUT2D eigenvalue weighted by Gasteiger charge is -2.25. The summed E-state index contributed by atoms with van der Waals surface area (Å²) in [6.45, 7) is 0.874. The molecule has 138 valence electrons. The number of hydrogen-bond acceptors (Lipinski definition) is 5. The quantitative estimate of drug-likeness (QED) is 0.558. The highest BCUT2D eigenvalue weighted by molar-refractivity contribution is 5.69. The fourth-order valence-electron chi connectivity index (χ4n) is 2.59. The van der Waals surface area contributed by atoms with Gasteiger partial charge in [0.25, 0.3) is 0 Å². The first-order chi connectivity index (χ1) is 12.5. The van der Waals surface area contributed by atoms with Crippen molar-refractivity contribution in [3.8, 4) is 11.5 Å². The number of rotatable bonds is 10. The summed E-state index contributed by atoms with van der Waals surface area (Å²) in [5.41, 5.74) is 1.23. The van der Waals surface area contributed by atoms with Gasteiger partial charge in [-0.25, -0.2) is 0 Å². The molecule has 3 N–H and O–H groups in total. The van der Waals surface area contributed by atoms with Crippen LogP contribution in [0.25, 0.3) is 0 Å². The van der Waals surface area contributed by atoms with Crippen LogP contribution >= 0.6 is 0 Å². The molecule has 26 heavy (non-hydrogen) atoms. The van der Waals surface area contributed by atoms with E-state index in [-0.39, 0.29) is 31.1 Å². The van der Waals surface area contributed by atoms with E-state index in [0.717, 1.165) is 0 Å². The number of amides is 1. The van der Waals surface area contributed by atoms with Gasteiger partial charge in [0, 0.05) is 37.3 Å². The van der Waals surface area contributed by atoms with Gasteiger partial charge in [0.15, 0.2) is 0 Å². The lowest BCUT2D eigenvalue weighted by molar-refractivity contribution is -0.138. The van der Waals surface area contributed by atoms with Crippen LogP contribution in [0.4, 0.5) is 0 Å². The van der Waals surface area contributed by atoms with E-state index >= 15 is 0 Å². The summed E-state index contributed by atoms with van der Waals surface area (Å²) in [6.07, 6.45) is 0.672. The molecule has 1 amide bonds. The third-order valence-electron chi connectivity index (χ3n) is 3.96. The minimum absolute atomic E-state index is 0.101. The Morgan fingerprint density at radius 2 is 1.42 bits per heavy atom. The monoisotopic (exact) mass is 358 g/mol. The van der Waals surface area contributed by atoms with Gasteiger partial charge in [0.1, 0.15) is 11.5 Å². The number of benzene rings is 2. The molecule has 0 aromatic heterocycles.